The number of phenolic OH excluding ortho intramolecular Hbond substituents is 1. The van der Waals surface area contributed by atoms with E-state index in [0.717, 1.165) is 22.5 Å². The van der Waals surface area contributed by atoms with Crippen molar-refractivity contribution in [2.75, 3.05) is 16.8 Å². The molecule has 0 radical (unpaired) electrons. The number of nitrogens with one attached hydrogen (secondary N) is 1. The summed E-state index contributed by atoms with van der Waals surface area (Å²) in [7, 11) is 0. The van der Waals surface area contributed by atoms with E-state index in [2.05, 4.69) is 10.3 Å². The first-order valence-corrected chi connectivity index (χ1v) is 16.6. The average molecular weight is 662 g/mol. The van der Waals surface area contributed by atoms with Crippen molar-refractivity contribution in [1.29, 1.82) is 0 Å². The van der Waals surface area contributed by atoms with Gasteiger partial charge in [-0.25, -0.2) is 4.39 Å². The lowest BCUT2D eigenvalue weighted by Gasteiger charge is -2.38. The van der Waals surface area contributed by atoms with Crippen molar-refractivity contribution in [2.45, 2.75) is 39.2 Å². The topological polar surface area (TPSA) is 123 Å². The van der Waals surface area contributed by atoms with Crippen molar-refractivity contribution in [2.24, 2.45) is 23.7 Å². The minimum absolute atomic E-state index is 0.0364. The first-order valence-electron chi connectivity index (χ1n) is 16.6. The number of aromatic hydroxyl groups is 1. The van der Waals surface area contributed by atoms with Crippen LogP contribution in [0.3, 0.4) is 0 Å². The predicted octanol–water partition coefficient (Wildman–Crippen LogP) is 7.12. The van der Waals surface area contributed by atoms with Crippen molar-refractivity contribution in [3.63, 3.8) is 0 Å². The van der Waals surface area contributed by atoms with E-state index in [1.54, 1.807) is 36.5 Å². The number of amides is 2. The zero-order valence-corrected chi connectivity index (χ0v) is 27.5. The molecule has 3 aromatic carbocycles. The fourth-order valence-corrected chi connectivity index (χ4v) is 7.17. The number of aliphatic hydroxyl groups excluding tert-OH is 2. The van der Waals surface area contributed by atoms with Gasteiger partial charge in [0.15, 0.2) is 11.6 Å². The molecule has 0 saturated carbocycles. The zero-order chi connectivity index (χ0) is 34.7. The third-order valence-electron chi connectivity index (χ3n) is 9.55. The van der Waals surface area contributed by atoms with Gasteiger partial charge in [-0.3, -0.25) is 19.5 Å². The van der Waals surface area contributed by atoms with Gasteiger partial charge in [0.1, 0.15) is 0 Å². The predicted molar refractivity (Wildman–Crippen MR) is 188 cm³/mol. The Morgan fingerprint density at radius 2 is 1.69 bits per heavy atom. The van der Waals surface area contributed by atoms with Gasteiger partial charge in [-0.05, 0) is 109 Å². The zero-order valence-electron chi connectivity index (χ0n) is 27.5. The minimum atomic E-state index is -1.01. The molecular weight excluding hydrogens is 621 g/mol. The van der Waals surface area contributed by atoms with E-state index in [1.807, 2.05) is 68.4 Å². The van der Waals surface area contributed by atoms with Crippen LogP contribution in [0.4, 0.5) is 21.5 Å². The van der Waals surface area contributed by atoms with Crippen LogP contribution in [0.2, 0.25) is 0 Å². The lowest BCUT2D eigenvalue weighted by Crippen LogP contribution is -2.39. The molecule has 0 unspecified atom stereocenters. The number of aliphatic hydroxyl groups is 2. The standard InChI is InChI=1S/C40H40FN3O5/c1-24(2)30-22-31-38(40(49)44(39(31)48)29-15-13-28(14-16-29)43-27-8-4-3-5-9-27)32(23-45)37(30)36(47)18-12-26(34-10-6-7-19-42-34)20-25-11-17-35(46)33(41)21-25/h3-11,13-17,19-21,24,31-32,36,38,43,45-47H,12,18,22-23H2,1-2H3/b26-20-/t31-,32+,36-,38-/m1/s1. The smallest absolute Gasteiger partial charge is 0.238 e. The summed E-state index contributed by atoms with van der Waals surface area (Å²) in [5.41, 5.74) is 5.60. The molecule has 8 nitrogen and oxygen atoms in total. The van der Waals surface area contributed by atoms with Crippen LogP contribution in [-0.2, 0) is 9.59 Å². The Bertz CT molecular complexity index is 1880. The van der Waals surface area contributed by atoms with E-state index in [1.165, 1.54) is 17.0 Å². The van der Waals surface area contributed by atoms with Crippen LogP contribution >= 0.6 is 0 Å². The lowest BCUT2D eigenvalue weighted by molar-refractivity contribution is -0.123. The van der Waals surface area contributed by atoms with Crippen molar-refractivity contribution in [1.82, 2.24) is 4.98 Å². The van der Waals surface area contributed by atoms with Crippen LogP contribution in [-0.4, -0.2) is 44.8 Å². The molecule has 1 saturated heterocycles. The summed E-state index contributed by atoms with van der Waals surface area (Å²) < 4.78 is 14.2. The van der Waals surface area contributed by atoms with Crippen molar-refractivity contribution >= 4 is 40.5 Å². The van der Waals surface area contributed by atoms with Gasteiger partial charge in [-0.15, -0.1) is 0 Å². The Kier molecular flexibility index (Phi) is 10.0. The number of carbonyl (C=O) groups excluding carboxylic acids is 2. The Morgan fingerprint density at radius 3 is 2.35 bits per heavy atom. The molecule has 1 aliphatic heterocycles. The Balaban J connectivity index is 1.25. The number of benzene rings is 3. The summed E-state index contributed by atoms with van der Waals surface area (Å²) in [6.07, 6.45) is 3.32. The summed E-state index contributed by atoms with van der Waals surface area (Å²) in [5, 5.41) is 35.6. The molecule has 0 spiro atoms. The SMILES string of the molecule is CC(C)C1=C([C@H](O)CC/C(=C/c2ccc(O)c(F)c2)c2ccccn2)[C@H](CO)[C@@H]2C(=O)N(c3ccc(Nc4ccccc4)cc3)C(=O)[C@@H]2C1. The number of rotatable bonds is 11. The number of hydrogen-bond donors (Lipinski definition) is 4. The number of imide groups is 1. The number of phenols is 1. The van der Waals surface area contributed by atoms with Crippen LogP contribution in [0.5, 0.6) is 5.75 Å². The maximum Gasteiger partial charge on any atom is 0.238 e. The van der Waals surface area contributed by atoms with E-state index >= 15 is 0 Å². The molecule has 1 aromatic heterocycles. The molecule has 1 aliphatic carbocycles. The summed E-state index contributed by atoms with van der Waals surface area (Å²) in [5.74, 6) is -4.09. The maximum atomic E-state index is 14.2. The number of hydrogen-bond acceptors (Lipinski definition) is 7. The molecule has 2 heterocycles. The Hall–Kier alpha value is -5.12. The molecule has 252 valence electrons. The second-order valence-electron chi connectivity index (χ2n) is 13.0. The van der Waals surface area contributed by atoms with Crippen LogP contribution < -0.4 is 10.2 Å². The molecule has 6 rings (SSSR count). The van der Waals surface area contributed by atoms with Crippen molar-refractivity contribution in [3.8, 4) is 5.75 Å². The van der Waals surface area contributed by atoms with Gasteiger partial charge in [0.05, 0.1) is 35.9 Å². The number of nitrogens with zero attached hydrogens (tertiary/aromatic N) is 2. The largest absolute Gasteiger partial charge is 0.505 e. The molecule has 49 heavy (non-hydrogen) atoms. The maximum absolute atomic E-state index is 14.2. The second kappa shape index (κ2) is 14.6. The van der Waals surface area contributed by atoms with Gasteiger partial charge in [-0.2, -0.15) is 0 Å². The van der Waals surface area contributed by atoms with Crippen LogP contribution in [0.1, 0.15) is 44.4 Å². The number of aromatic nitrogens is 1. The van der Waals surface area contributed by atoms with Gasteiger partial charge in [0.25, 0.3) is 0 Å². The highest BCUT2D eigenvalue weighted by Crippen LogP contribution is 2.49. The number of anilines is 3. The summed E-state index contributed by atoms with van der Waals surface area (Å²) in [4.78, 5) is 33.6. The summed E-state index contributed by atoms with van der Waals surface area (Å²) >= 11 is 0. The number of allylic oxidation sites excluding steroid dienone is 2. The molecule has 1 fully saturated rings. The lowest BCUT2D eigenvalue weighted by atomic mass is 9.66. The van der Waals surface area contributed by atoms with Gasteiger partial charge >= 0.3 is 0 Å². The van der Waals surface area contributed by atoms with Gasteiger partial charge in [0.2, 0.25) is 11.8 Å². The molecule has 0 bridgehead atoms. The normalized spacial score (nSPS) is 20.2. The van der Waals surface area contributed by atoms with E-state index in [4.69, 9.17) is 0 Å². The van der Waals surface area contributed by atoms with Gasteiger partial charge in [0, 0.05) is 23.5 Å². The highest BCUT2D eigenvalue weighted by Gasteiger charge is 2.55. The highest BCUT2D eigenvalue weighted by molar-refractivity contribution is 6.22. The Morgan fingerprint density at radius 1 is 0.980 bits per heavy atom. The number of carbonyl (C=O) groups is 2. The second-order valence-corrected chi connectivity index (χ2v) is 13.0. The molecule has 4 N–H and O–H groups in total. The monoisotopic (exact) mass is 661 g/mol. The van der Waals surface area contributed by atoms with Gasteiger partial charge < -0.3 is 20.6 Å². The fourth-order valence-electron chi connectivity index (χ4n) is 7.17. The first kappa shape index (κ1) is 33.8. The fraction of sp³-hybridized carbons (Fsp3) is 0.275. The van der Waals surface area contributed by atoms with Crippen LogP contribution in [0.25, 0.3) is 11.6 Å². The number of fused-ring (bicyclic) bond motifs is 1. The Labute approximate surface area is 285 Å². The summed E-state index contributed by atoms with van der Waals surface area (Å²) in [6, 6.07) is 26.4. The van der Waals surface area contributed by atoms with E-state index in [9.17, 15) is 29.3 Å². The molecule has 2 aliphatic rings. The minimum Gasteiger partial charge on any atom is -0.505 e. The summed E-state index contributed by atoms with van der Waals surface area (Å²) in [6.45, 7) is 3.59. The van der Waals surface area contributed by atoms with Gasteiger partial charge in [-0.1, -0.05) is 49.8 Å². The third kappa shape index (κ3) is 7.04. The van der Waals surface area contributed by atoms with E-state index in [0.29, 0.717) is 35.4 Å². The molecule has 4 aromatic rings. The molecular formula is C40H40FN3O5. The van der Waals surface area contributed by atoms with E-state index < -0.39 is 42.0 Å². The highest BCUT2D eigenvalue weighted by atomic mass is 19.1. The van der Waals surface area contributed by atoms with E-state index in [-0.39, 0.29) is 24.2 Å². The molecule has 2 amide bonds. The average Bonchev–Trinajstić information content (AvgIpc) is 3.36. The van der Waals surface area contributed by atoms with Crippen molar-refractivity contribution in [3.05, 3.63) is 125 Å². The number of pyridine rings is 1. The van der Waals surface area contributed by atoms with Crippen molar-refractivity contribution < 1.29 is 29.3 Å². The molecule has 4 atom stereocenters. The van der Waals surface area contributed by atoms with Crippen LogP contribution in [0, 0.1) is 29.5 Å². The molecule has 9 heteroatoms. The number of halogens is 1. The van der Waals surface area contributed by atoms with Crippen LogP contribution in [0.15, 0.2) is 108 Å². The number of para-hydroxylation sites is 1. The first-order chi connectivity index (χ1) is 23.7. The third-order valence-corrected chi connectivity index (χ3v) is 9.55. The quantitative estimate of drug-likeness (QED) is 0.0997.